The second-order valence-electron chi connectivity index (χ2n) is 4.38. The summed E-state index contributed by atoms with van der Waals surface area (Å²) in [6.07, 6.45) is -0.00876. The van der Waals surface area contributed by atoms with Gasteiger partial charge in [-0.05, 0) is 17.5 Å². The third-order valence-electron chi connectivity index (χ3n) is 2.96. The summed E-state index contributed by atoms with van der Waals surface area (Å²) in [6.45, 7) is 2.08. The Bertz CT molecular complexity index is 507. The van der Waals surface area contributed by atoms with Gasteiger partial charge in [0.25, 0.3) is 11.8 Å². The summed E-state index contributed by atoms with van der Waals surface area (Å²) >= 11 is 0. The first-order valence-corrected chi connectivity index (χ1v) is 6.38. The number of carbonyl (C=O) groups is 3. The van der Waals surface area contributed by atoms with Crippen LogP contribution in [0.25, 0.3) is 0 Å². The van der Waals surface area contributed by atoms with Crippen molar-refractivity contribution in [1.82, 2.24) is 5.06 Å². The maximum absolute atomic E-state index is 11.4. The zero-order valence-corrected chi connectivity index (χ0v) is 11.1. The van der Waals surface area contributed by atoms with Gasteiger partial charge in [0.05, 0.1) is 0 Å². The molecule has 106 valence electrons. The molecule has 0 spiro atoms. The van der Waals surface area contributed by atoms with Crippen LogP contribution in [0.5, 0.6) is 0 Å². The molecular formula is C14H15NO5. The summed E-state index contributed by atoms with van der Waals surface area (Å²) in [5.74, 6) is -1.06. The third kappa shape index (κ3) is 3.34. The summed E-state index contributed by atoms with van der Waals surface area (Å²) in [6, 6.07) is 7.58. The SMILES string of the molecule is CCc1ccc(COC(=O)ON2C(=O)CCC2=O)cc1. The second-order valence-corrected chi connectivity index (χ2v) is 4.38. The van der Waals surface area contributed by atoms with E-state index in [1.807, 2.05) is 31.2 Å². The summed E-state index contributed by atoms with van der Waals surface area (Å²) in [5.41, 5.74) is 1.99. The fourth-order valence-corrected chi connectivity index (χ4v) is 1.77. The molecule has 0 aliphatic carbocycles. The molecule has 1 aliphatic heterocycles. The van der Waals surface area contributed by atoms with Crippen LogP contribution < -0.4 is 0 Å². The number of benzene rings is 1. The lowest BCUT2D eigenvalue weighted by molar-refractivity contribution is -0.177. The Morgan fingerprint density at radius 1 is 1.10 bits per heavy atom. The van der Waals surface area contributed by atoms with E-state index in [4.69, 9.17) is 4.74 Å². The van der Waals surface area contributed by atoms with Crippen LogP contribution in [0.1, 0.15) is 30.9 Å². The smallest absolute Gasteiger partial charge is 0.428 e. The van der Waals surface area contributed by atoms with Gasteiger partial charge in [-0.3, -0.25) is 14.4 Å². The van der Waals surface area contributed by atoms with E-state index in [2.05, 4.69) is 4.84 Å². The average Bonchev–Trinajstić information content (AvgIpc) is 2.77. The summed E-state index contributed by atoms with van der Waals surface area (Å²) in [7, 11) is 0. The highest BCUT2D eigenvalue weighted by molar-refractivity contribution is 6.01. The van der Waals surface area contributed by atoms with Crippen LogP contribution in [-0.4, -0.2) is 23.0 Å². The van der Waals surface area contributed by atoms with E-state index in [0.29, 0.717) is 5.06 Å². The Hall–Kier alpha value is -2.37. The Labute approximate surface area is 116 Å². The van der Waals surface area contributed by atoms with Gasteiger partial charge in [0, 0.05) is 12.8 Å². The Morgan fingerprint density at radius 3 is 2.20 bits per heavy atom. The standard InChI is InChI=1S/C14H15NO5/c1-2-10-3-5-11(6-4-10)9-19-14(18)20-15-12(16)7-8-13(15)17/h3-6H,2,7-9H2,1H3. The predicted octanol–water partition coefficient (Wildman–Crippen LogP) is 1.97. The van der Waals surface area contributed by atoms with Crippen LogP contribution in [0.2, 0.25) is 0 Å². The number of hydrogen-bond acceptors (Lipinski definition) is 5. The van der Waals surface area contributed by atoms with Crippen molar-refractivity contribution in [2.45, 2.75) is 32.8 Å². The highest BCUT2D eigenvalue weighted by Crippen LogP contribution is 2.13. The molecule has 1 aromatic rings. The lowest BCUT2D eigenvalue weighted by atomic mass is 10.1. The lowest BCUT2D eigenvalue weighted by Gasteiger charge is -2.12. The van der Waals surface area contributed by atoms with Gasteiger partial charge in [0.2, 0.25) is 0 Å². The highest BCUT2D eigenvalue weighted by atomic mass is 16.8. The summed E-state index contributed by atoms with van der Waals surface area (Å²) in [4.78, 5) is 38.4. The van der Waals surface area contributed by atoms with Crippen LogP contribution >= 0.6 is 0 Å². The van der Waals surface area contributed by atoms with Crippen LogP contribution in [0.3, 0.4) is 0 Å². The number of hydroxylamine groups is 2. The van der Waals surface area contributed by atoms with Gasteiger partial charge < -0.3 is 4.74 Å². The van der Waals surface area contributed by atoms with E-state index >= 15 is 0 Å². The molecule has 0 aromatic heterocycles. The molecule has 1 fully saturated rings. The van der Waals surface area contributed by atoms with Gasteiger partial charge in [0.15, 0.2) is 0 Å². The predicted molar refractivity (Wildman–Crippen MR) is 68.2 cm³/mol. The van der Waals surface area contributed by atoms with Crippen molar-refractivity contribution in [3.63, 3.8) is 0 Å². The molecule has 6 nitrogen and oxygen atoms in total. The highest BCUT2D eigenvalue weighted by Gasteiger charge is 2.33. The minimum absolute atomic E-state index is 0.0268. The van der Waals surface area contributed by atoms with Gasteiger partial charge in [-0.15, -0.1) is 0 Å². The molecule has 1 heterocycles. The van der Waals surface area contributed by atoms with Crippen LogP contribution in [0, 0.1) is 0 Å². The number of rotatable bonds is 4. The number of aryl methyl sites for hydroxylation is 1. The van der Waals surface area contributed by atoms with Crippen molar-refractivity contribution in [3.05, 3.63) is 35.4 Å². The monoisotopic (exact) mass is 277 g/mol. The van der Waals surface area contributed by atoms with E-state index < -0.39 is 18.0 Å². The molecule has 1 aliphatic rings. The molecule has 0 atom stereocenters. The molecule has 6 heteroatoms. The van der Waals surface area contributed by atoms with Crippen LogP contribution in [0.4, 0.5) is 4.79 Å². The molecule has 0 radical (unpaired) electrons. The van der Waals surface area contributed by atoms with E-state index in [1.54, 1.807) is 0 Å². The number of carbonyl (C=O) groups excluding carboxylic acids is 3. The number of nitrogens with zero attached hydrogens (tertiary/aromatic N) is 1. The molecule has 0 N–H and O–H groups in total. The Morgan fingerprint density at radius 2 is 1.65 bits per heavy atom. The van der Waals surface area contributed by atoms with Gasteiger partial charge >= 0.3 is 6.16 Å². The van der Waals surface area contributed by atoms with Gasteiger partial charge in [0.1, 0.15) is 6.61 Å². The van der Waals surface area contributed by atoms with Crippen molar-refractivity contribution < 1.29 is 24.0 Å². The second kappa shape index (κ2) is 6.18. The number of hydrogen-bond donors (Lipinski definition) is 0. The van der Waals surface area contributed by atoms with E-state index in [-0.39, 0.29) is 19.4 Å². The summed E-state index contributed by atoms with van der Waals surface area (Å²) < 4.78 is 4.85. The zero-order valence-electron chi connectivity index (χ0n) is 11.1. The largest absolute Gasteiger partial charge is 0.534 e. The van der Waals surface area contributed by atoms with E-state index in [1.165, 1.54) is 5.56 Å². The molecule has 0 saturated carbocycles. The fraction of sp³-hybridized carbons (Fsp3) is 0.357. The Kier molecular flexibility index (Phi) is 4.34. The molecule has 2 rings (SSSR count). The molecule has 1 saturated heterocycles. The number of imide groups is 1. The van der Waals surface area contributed by atoms with Crippen molar-refractivity contribution in [2.24, 2.45) is 0 Å². The van der Waals surface area contributed by atoms with E-state index in [9.17, 15) is 14.4 Å². The van der Waals surface area contributed by atoms with Crippen LogP contribution in [0.15, 0.2) is 24.3 Å². The van der Waals surface area contributed by atoms with Gasteiger partial charge in [-0.2, -0.15) is 0 Å². The van der Waals surface area contributed by atoms with Gasteiger partial charge in [-0.1, -0.05) is 36.3 Å². The van der Waals surface area contributed by atoms with Crippen molar-refractivity contribution in [2.75, 3.05) is 0 Å². The number of amides is 2. The molecule has 1 aromatic carbocycles. The minimum Gasteiger partial charge on any atom is -0.428 e. The van der Waals surface area contributed by atoms with Crippen molar-refractivity contribution >= 4 is 18.0 Å². The molecular weight excluding hydrogens is 262 g/mol. The minimum atomic E-state index is -1.06. The average molecular weight is 277 g/mol. The molecule has 2 amide bonds. The third-order valence-corrected chi connectivity index (χ3v) is 2.96. The van der Waals surface area contributed by atoms with E-state index in [0.717, 1.165) is 12.0 Å². The quantitative estimate of drug-likeness (QED) is 0.621. The normalized spacial score (nSPS) is 14.6. The first-order valence-electron chi connectivity index (χ1n) is 6.38. The zero-order chi connectivity index (χ0) is 14.5. The molecule has 0 bridgehead atoms. The van der Waals surface area contributed by atoms with Crippen molar-refractivity contribution in [1.29, 1.82) is 0 Å². The Balaban J connectivity index is 1.82. The number of ether oxygens (including phenoxy) is 1. The van der Waals surface area contributed by atoms with Gasteiger partial charge in [-0.25, -0.2) is 4.79 Å². The van der Waals surface area contributed by atoms with Crippen LogP contribution in [-0.2, 0) is 32.2 Å². The lowest BCUT2D eigenvalue weighted by Crippen LogP contribution is -2.32. The first-order chi connectivity index (χ1) is 9.60. The molecule has 20 heavy (non-hydrogen) atoms. The maximum atomic E-state index is 11.4. The topological polar surface area (TPSA) is 72.9 Å². The summed E-state index contributed by atoms with van der Waals surface area (Å²) in [5, 5.41) is 0.461. The first kappa shape index (κ1) is 14.0. The van der Waals surface area contributed by atoms with Crippen molar-refractivity contribution in [3.8, 4) is 0 Å². The fourth-order valence-electron chi connectivity index (χ4n) is 1.77. The molecule has 0 unspecified atom stereocenters. The maximum Gasteiger partial charge on any atom is 0.534 e.